The molecule has 19 heavy (non-hydrogen) atoms. The second-order valence-electron chi connectivity index (χ2n) is 4.79. The predicted octanol–water partition coefficient (Wildman–Crippen LogP) is 2.80. The maximum Gasteiger partial charge on any atom is 0.321 e. The van der Waals surface area contributed by atoms with Crippen molar-refractivity contribution in [3.05, 3.63) is 30.1 Å². The molecule has 0 unspecified atom stereocenters. The van der Waals surface area contributed by atoms with Gasteiger partial charge >= 0.3 is 6.03 Å². The van der Waals surface area contributed by atoms with Crippen LogP contribution in [0.5, 0.6) is 0 Å². The van der Waals surface area contributed by atoms with Gasteiger partial charge in [0, 0.05) is 25.9 Å². The maximum absolute atomic E-state index is 13.4. The van der Waals surface area contributed by atoms with E-state index in [1.165, 1.54) is 12.1 Å². The first-order chi connectivity index (χ1) is 9.08. The van der Waals surface area contributed by atoms with Crippen LogP contribution in [0.2, 0.25) is 0 Å². The summed E-state index contributed by atoms with van der Waals surface area (Å²) in [6.07, 6.45) is 2.39. The zero-order chi connectivity index (χ0) is 13.8. The first-order valence-electron chi connectivity index (χ1n) is 6.38. The average molecular weight is 264 g/mol. The first kappa shape index (κ1) is 13.5. The topological polar surface area (TPSA) is 49.4 Å². The van der Waals surface area contributed by atoms with Gasteiger partial charge in [-0.2, -0.15) is 0 Å². The lowest BCUT2D eigenvalue weighted by atomic mass is 9.93. The summed E-state index contributed by atoms with van der Waals surface area (Å²) in [5, 5.41) is 2.55. The van der Waals surface area contributed by atoms with Gasteiger partial charge in [-0.15, -0.1) is 0 Å². The molecule has 0 atom stereocenters. The molecule has 102 valence electrons. The number of anilines is 1. The lowest BCUT2D eigenvalue weighted by molar-refractivity contribution is -0.121. The van der Waals surface area contributed by atoms with Crippen LogP contribution in [-0.4, -0.2) is 29.8 Å². The smallest absolute Gasteiger partial charge is 0.321 e. The molecule has 1 N–H and O–H groups in total. The molecular formula is C14H17FN2O2. The number of amides is 2. The summed E-state index contributed by atoms with van der Waals surface area (Å²) in [5.41, 5.74) is 0.172. The lowest BCUT2D eigenvalue weighted by Gasteiger charge is -2.30. The number of Topliss-reactive ketones (excluding diaryl/α,β-unsaturated/α-hetero) is 1. The zero-order valence-electron chi connectivity index (χ0n) is 10.9. The van der Waals surface area contributed by atoms with E-state index in [-0.39, 0.29) is 23.5 Å². The number of nitrogens with one attached hydrogen (secondary N) is 1. The van der Waals surface area contributed by atoms with Crippen molar-refractivity contribution < 1.29 is 14.0 Å². The minimum atomic E-state index is -0.455. The van der Waals surface area contributed by atoms with Crippen molar-refractivity contribution in [2.24, 2.45) is 0 Å². The Kier molecular flexibility index (Phi) is 4.14. The average Bonchev–Trinajstić information content (AvgIpc) is 2.41. The third-order valence-corrected chi connectivity index (χ3v) is 3.50. The van der Waals surface area contributed by atoms with Crippen LogP contribution in [-0.2, 0) is 4.79 Å². The Morgan fingerprint density at radius 3 is 2.58 bits per heavy atom. The molecule has 1 aliphatic rings. The largest absolute Gasteiger partial charge is 0.325 e. The van der Waals surface area contributed by atoms with Crippen LogP contribution in [0.3, 0.4) is 0 Å². The van der Waals surface area contributed by atoms with Gasteiger partial charge in [-0.05, 0) is 25.0 Å². The van der Waals surface area contributed by atoms with E-state index in [2.05, 4.69) is 5.32 Å². The van der Waals surface area contributed by atoms with E-state index in [0.29, 0.717) is 25.7 Å². The van der Waals surface area contributed by atoms with Crippen molar-refractivity contribution in [1.82, 2.24) is 4.90 Å². The van der Waals surface area contributed by atoms with Gasteiger partial charge in [0.1, 0.15) is 11.6 Å². The van der Waals surface area contributed by atoms with E-state index < -0.39 is 5.82 Å². The lowest BCUT2D eigenvalue weighted by Crippen LogP contribution is -2.42. The molecule has 1 fully saturated rings. The number of rotatable bonds is 2. The number of halogens is 1. The normalized spacial score (nSPS) is 16.2. The standard InChI is InChI=1S/C14H17FN2O2/c1-17(10-6-8-11(18)9-7-10)14(19)16-13-5-3-2-4-12(13)15/h2-5,10H,6-9H2,1H3,(H,16,19). The Morgan fingerprint density at radius 2 is 1.95 bits per heavy atom. The highest BCUT2D eigenvalue weighted by Crippen LogP contribution is 2.20. The number of ketones is 1. The fourth-order valence-electron chi connectivity index (χ4n) is 2.24. The van der Waals surface area contributed by atoms with E-state index in [9.17, 15) is 14.0 Å². The number of hydrogen-bond donors (Lipinski definition) is 1. The molecule has 0 aromatic heterocycles. The molecule has 0 spiro atoms. The summed E-state index contributed by atoms with van der Waals surface area (Å²) >= 11 is 0. The summed E-state index contributed by atoms with van der Waals surface area (Å²) in [4.78, 5) is 24.7. The SMILES string of the molecule is CN(C(=O)Nc1ccccc1F)C1CCC(=O)CC1. The van der Waals surface area contributed by atoms with Crippen LogP contribution in [0.25, 0.3) is 0 Å². The summed E-state index contributed by atoms with van der Waals surface area (Å²) < 4.78 is 13.4. The molecule has 1 aliphatic carbocycles. The van der Waals surface area contributed by atoms with Gasteiger partial charge in [0.25, 0.3) is 0 Å². The monoisotopic (exact) mass is 264 g/mol. The quantitative estimate of drug-likeness (QED) is 0.893. The van der Waals surface area contributed by atoms with Gasteiger partial charge in [-0.25, -0.2) is 9.18 Å². The molecule has 2 amide bonds. The Labute approximate surface area is 111 Å². The Hall–Kier alpha value is -1.91. The molecule has 4 nitrogen and oxygen atoms in total. The van der Waals surface area contributed by atoms with Crippen LogP contribution in [0.1, 0.15) is 25.7 Å². The number of carbonyl (C=O) groups is 2. The summed E-state index contributed by atoms with van der Waals surface area (Å²) in [7, 11) is 1.68. The van der Waals surface area contributed by atoms with Crippen molar-refractivity contribution in [1.29, 1.82) is 0 Å². The molecule has 0 saturated heterocycles. The molecular weight excluding hydrogens is 247 g/mol. The van der Waals surface area contributed by atoms with E-state index >= 15 is 0 Å². The Balaban J connectivity index is 1.96. The first-order valence-corrected chi connectivity index (χ1v) is 6.38. The van der Waals surface area contributed by atoms with Crippen LogP contribution in [0.15, 0.2) is 24.3 Å². The number of carbonyl (C=O) groups excluding carboxylic acids is 2. The van der Waals surface area contributed by atoms with Crippen molar-refractivity contribution in [2.75, 3.05) is 12.4 Å². The summed E-state index contributed by atoms with van der Waals surface area (Å²) in [6.45, 7) is 0. The Bertz CT molecular complexity index is 480. The molecule has 0 heterocycles. The predicted molar refractivity (Wildman–Crippen MR) is 70.4 cm³/mol. The number of hydrogen-bond acceptors (Lipinski definition) is 2. The highest BCUT2D eigenvalue weighted by atomic mass is 19.1. The number of urea groups is 1. The summed E-state index contributed by atoms with van der Waals surface area (Å²) in [6, 6.07) is 5.76. The zero-order valence-corrected chi connectivity index (χ0v) is 10.9. The van der Waals surface area contributed by atoms with E-state index in [1.54, 1.807) is 24.1 Å². The van der Waals surface area contributed by atoms with Crippen LogP contribution >= 0.6 is 0 Å². The maximum atomic E-state index is 13.4. The number of benzene rings is 1. The second-order valence-corrected chi connectivity index (χ2v) is 4.79. The minimum Gasteiger partial charge on any atom is -0.325 e. The van der Waals surface area contributed by atoms with Crippen LogP contribution < -0.4 is 5.32 Å². The molecule has 0 bridgehead atoms. The van der Waals surface area contributed by atoms with Gasteiger partial charge in [0.2, 0.25) is 0 Å². The van der Waals surface area contributed by atoms with Gasteiger partial charge in [-0.3, -0.25) is 4.79 Å². The molecule has 1 aromatic rings. The molecule has 5 heteroatoms. The molecule has 2 rings (SSSR count). The third kappa shape index (κ3) is 3.30. The highest BCUT2D eigenvalue weighted by Gasteiger charge is 2.25. The third-order valence-electron chi connectivity index (χ3n) is 3.50. The van der Waals surface area contributed by atoms with Crippen LogP contribution in [0, 0.1) is 5.82 Å². The highest BCUT2D eigenvalue weighted by molar-refractivity contribution is 5.89. The number of para-hydroxylation sites is 1. The second kappa shape index (κ2) is 5.82. The van der Waals surface area contributed by atoms with E-state index in [4.69, 9.17) is 0 Å². The van der Waals surface area contributed by atoms with Gasteiger partial charge < -0.3 is 10.2 Å². The Morgan fingerprint density at radius 1 is 1.32 bits per heavy atom. The van der Waals surface area contributed by atoms with E-state index in [0.717, 1.165) is 0 Å². The molecule has 0 aliphatic heterocycles. The molecule has 1 aromatic carbocycles. The van der Waals surface area contributed by atoms with Crippen molar-refractivity contribution >= 4 is 17.5 Å². The van der Waals surface area contributed by atoms with Gasteiger partial charge in [0.15, 0.2) is 0 Å². The van der Waals surface area contributed by atoms with Gasteiger partial charge in [-0.1, -0.05) is 12.1 Å². The van der Waals surface area contributed by atoms with E-state index in [1.807, 2.05) is 0 Å². The molecule has 0 radical (unpaired) electrons. The molecule has 1 saturated carbocycles. The van der Waals surface area contributed by atoms with Crippen LogP contribution in [0.4, 0.5) is 14.9 Å². The van der Waals surface area contributed by atoms with Gasteiger partial charge in [0.05, 0.1) is 5.69 Å². The minimum absolute atomic E-state index is 0.0458. The fourth-order valence-corrected chi connectivity index (χ4v) is 2.24. The fraction of sp³-hybridized carbons (Fsp3) is 0.429. The summed E-state index contributed by atoms with van der Waals surface area (Å²) in [5.74, 6) is -0.206. The van der Waals surface area contributed by atoms with Crippen molar-refractivity contribution in [2.45, 2.75) is 31.7 Å². The van der Waals surface area contributed by atoms with Crippen molar-refractivity contribution in [3.8, 4) is 0 Å². The number of nitrogens with zero attached hydrogens (tertiary/aromatic N) is 1. The van der Waals surface area contributed by atoms with Crippen molar-refractivity contribution in [3.63, 3.8) is 0 Å².